The van der Waals surface area contributed by atoms with E-state index in [0.717, 1.165) is 5.69 Å². The van der Waals surface area contributed by atoms with Crippen LogP contribution in [0.3, 0.4) is 0 Å². The molecule has 3 N–H and O–H groups in total. The van der Waals surface area contributed by atoms with Gasteiger partial charge in [0.2, 0.25) is 5.28 Å². The molecule has 4 nitrogen and oxygen atoms in total. The van der Waals surface area contributed by atoms with Crippen molar-refractivity contribution in [1.82, 2.24) is 9.97 Å². The molecule has 0 unspecified atom stereocenters. The van der Waals surface area contributed by atoms with E-state index >= 15 is 0 Å². The van der Waals surface area contributed by atoms with Gasteiger partial charge in [-0.25, -0.2) is 4.98 Å². The maximum absolute atomic E-state index is 5.95. The molecule has 6 heteroatoms. The highest BCUT2D eigenvalue weighted by atomic mass is 35.5. The first-order valence-corrected chi connectivity index (χ1v) is 6.93. The third kappa shape index (κ3) is 2.34. The average molecular weight is 291 g/mol. The van der Waals surface area contributed by atoms with Gasteiger partial charge in [-0.2, -0.15) is 4.98 Å². The molecule has 0 saturated carbocycles. The van der Waals surface area contributed by atoms with Crippen molar-refractivity contribution in [3.8, 4) is 0 Å². The van der Waals surface area contributed by atoms with Gasteiger partial charge in [-0.05, 0) is 53.6 Å². The zero-order chi connectivity index (χ0) is 13.4. The molecule has 19 heavy (non-hydrogen) atoms. The largest absolute Gasteiger partial charge is 0.394 e. The van der Waals surface area contributed by atoms with Crippen LogP contribution in [-0.4, -0.2) is 9.97 Å². The lowest BCUT2D eigenvalue weighted by molar-refractivity contribution is 1.11. The molecule has 96 valence electrons. The van der Waals surface area contributed by atoms with E-state index in [9.17, 15) is 0 Å². The molecule has 0 atom stereocenters. The molecular formula is C13H11ClN4S. The Labute approximate surface area is 119 Å². The lowest BCUT2D eigenvalue weighted by Gasteiger charge is -2.10. The van der Waals surface area contributed by atoms with Gasteiger partial charge in [0.05, 0.1) is 11.4 Å². The third-order valence-corrected chi connectivity index (χ3v) is 3.89. The number of hydrogen-bond acceptors (Lipinski definition) is 5. The van der Waals surface area contributed by atoms with Crippen LogP contribution in [0.4, 0.5) is 17.2 Å². The van der Waals surface area contributed by atoms with E-state index in [0.29, 0.717) is 17.2 Å². The number of hydrogen-bond donors (Lipinski definition) is 2. The van der Waals surface area contributed by atoms with Gasteiger partial charge >= 0.3 is 0 Å². The molecule has 0 aliphatic carbocycles. The second-order valence-corrected chi connectivity index (χ2v) is 5.42. The van der Waals surface area contributed by atoms with Crippen molar-refractivity contribution in [3.63, 3.8) is 0 Å². The minimum absolute atomic E-state index is 0.186. The summed E-state index contributed by atoms with van der Waals surface area (Å²) < 4.78 is 1.25. The number of thiophene rings is 1. The predicted molar refractivity (Wildman–Crippen MR) is 81.3 cm³/mol. The Kier molecular flexibility index (Phi) is 3.00. The van der Waals surface area contributed by atoms with E-state index in [-0.39, 0.29) is 5.28 Å². The van der Waals surface area contributed by atoms with E-state index in [1.54, 1.807) is 18.3 Å². The Morgan fingerprint density at radius 1 is 1.26 bits per heavy atom. The van der Waals surface area contributed by atoms with Gasteiger partial charge < -0.3 is 11.1 Å². The van der Waals surface area contributed by atoms with E-state index < -0.39 is 0 Å². The third-order valence-electron chi connectivity index (χ3n) is 2.82. The van der Waals surface area contributed by atoms with Crippen molar-refractivity contribution in [2.75, 3.05) is 11.1 Å². The van der Waals surface area contributed by atoms with Gasteiger partial charge in [0, 0.05) is 10.4 Å². The van der Waals surface area contributed by atoms with Crippen LogP contribution in [0.25, 0.3) is 10.1 Å². The van der Waals surface area contributed by atoms with Crippen LogP contribution >= 0.6 is 22.9 Å². The monoisotopic (exact) mass is 290 g/mol. The summed E-state index contributed by atoms with van der Waals surface area (Å²) in [6, 6.07) is 8.18. The van der Waals surface area contributed by atoms with E-state index in [4.69, 9.17) is 17.3 Å². The lowest BCUT2D eigenvalue weighted by atomic mass is 10.2. The van der Waals surface area contributed by atoms with Crippen molar-refractivity contribution in [3.05, 3.63) is 40.6 Å². The maximum atomic E-state index is 5.95. The predicted octanol–water partition coefficient (Wildman–Crippen LogP) is 3.98. The van der Waals surface area contributed by atoms with Crippen LogP contribution in [0.1, 0.15) is 5.69 Å². The Bertz CT molecular complexity index is 753. The summed E-state index contributed by atoms with van der Waals surface area (Å²) in [6.45, 7) is 1.80. The minimum atomic E-state index is 0.186. The highest BCUT2D eigenvalue weighted by Gasteiger charge is 2.08. The van der Waals surface area contributed by atoms with E-state index in [1.807, 2.05) is 6.07 Å². The quantitative estimate of drug-likeness (QED) is 0.701. The Morgan fingerprint density at radius 3 is 2.95 bits per heavy atom. The summed E-state index contributed by atoms with van der Waals surface area (Å²) in [5.74, 6) is 0.534. The van der Waals surface area contributed by atoms with Crippen LogP contribution < -0.4 is 11.1 Å². The normalized spacial score (nSPS) is 10.8. The number of anilines is 3. The van der Waals surface area contributed by atoms with Crippen LogP contribution in [0.5, 0.6) is 0 Å². The number of nitrogens with one attached hydrogen (secondary N) is 1. The van der Waals surface area contributed by atoms with Crippen LogP contribution in [0.15, 0.2) is 29.6 Å². The molecule has 3 aromatic rings. The smallest absolute Gasteiger partial charge is 0.224 e. The number of nitrogens with zero attached hydrogens (tertiary/aromatic N) is 2. The number of benzene rings is 1. The summed E-state index contributed by atoms with van der Waals surface area (Å²) >= 11 is 7.56. The zero-order valence-corrected chi connectivity index (χ0v) is 11.7. The minimum Gasteiger partial charge on any atom is -0.394 e. The number of nitrogens with two attached hydrogens (primary N) is 1. The molecule has 3 rings (SSSR count). The van der Waals surface area contributed by atoms with Crippen molar-refractivity contribution in [2.24, 2.45) is 0 Å². The molecule has 0 spiro atoms. The van der Waals surface area contributed by atoms with Crippen molar-refractivity contribution >= 4 is 50.2 Å². The number of aromatic nitrogens is 2. The van der Waals surface area contributed by atoms with Crippen LogP contribution in [0.2, 0.25) is 5.28 Å². The summed E-state index contributed by atoms with van der Waals surface area (Å²) in [7, 11) is 0. The number of halogens is 1. The Hall–Kier alpha value is -1.85. The van der Waals surface area contributed by atoms with Gasteiger partial charge in [0.1, 0.15) is 0 Å². The first kappa shape index (κ1) is 12.2. The molecule has 0 bridgehead atoms. The molecule has 0 saturated heterocycles. The highest BCUT2D eigenvalue weighted by molar-refractivity contribution is 7.17. The van der Waals surface area contributed by atoms with Crippen molar-refractivity contribution in [2.45, 2.75) is 6.92 Å². The number of nitrogen functional groups attached to an aromatic ring is 1. The van der Waals surface area contributed by atoms with Gasteiger partial charge in [-0.15, -0.1) is 11.3 Å². The summed E-state index contributed by atoms with van der Waals surface area (Å²) in [5.41, 5.74) is 8.05. The van der Waals surface area contributed by atoms with Crippen LogP contribution in [-0.2, 0) is 0 Å². The molecule has 2 heterocycles. The fraction of sp³-hybridized carbons (Fsp3) is 0.0769. The fourth-order valence-electron chi connectivity index (χ4n) is 1.82. The average Bonchev–Trinajstić information content (AvgIpc) is 2.82. The van der Waals surface area contributed by atoms with E-state index in [1.165, 1.54) is 10.1 Å². The fourth-order valence-corrected chi connectivity index (χ4v) is 2.81. The Balaban J connectivity index is 2.00. The van der Waals surface area contributed by atoms with Gasteiger partial charge in [-0.3, -0.25) is 0 Å². The first-order chi connectivity index (χ1) is 9.13. The zero-order valence-electron chi connectivity index (χ0n) is 10.1. The van der Waals surface area contributed by atoms with E-state index in [2.05, 4.69) is 38.9 Å². The number of rotatable bonds is 2. The lowest BCUT2D eigenvalue weighted by Crippen LogP contribution is -2.03. The summed E-state index contributed by atoms with van der Waals surface area (Å²) in [4.78, 5) is 8.13. The number of aryl methyl sites for hydroxylation is 1. The number of fused-ring (bicyclic) bond motifs is 1. The Morgan fingerprint density at radius 2 is 2.11 bits per heavy atom. The van der Waals surface area contributed by atoms with Crippen molar-refractivity contribution < 1.29 is 0 Å². The van der Waals surface area contributed by atoms with Crippen LogP contribution in [0, 0.1) is 6.92 Å². The standard InChI is InChI=1S/C13H11ClN4S/c1-7-11(15)12(18-13(14)16-7)17-9-2-3-10-8(6-9)4-5-19-10/h2-6H,15H2,1H3,(H,16,17,18). The molecule has 0 aliphatic heterocycles. The molecular weight excluding hydrogens is 280 g/mol. The first-order valence-electron chi connectivity index (χ1n) is 5.67. The molecule has 1 aromatic carbocycles. The second kappa shape index (κ2) is 4.68. The van der Waals surface area contributed by atoms with Crippen molar-refractivity contribution in [1.29, 1.82) is 0 Å². The molecule has 0 amide bonds. The maximum Gasteiger partial charge on any atom is 0.224 e. The molecule has 2 aromatic heterocycles. The SMILES string of the molecule is Cc1nc(Cl)nc(Nc2ccc3sccc3c2)c1N. The van der Waals surface area contributed by atoms with Gasteiger partial charge in [0.15, 0.2) is 5.82 Å². The van der Waals surface area contributed by atoms with Gasteiger partial charge in [0.25, 0.3) is 0 Å². The molecule has 0 aliphatic rings. The topological polar surface area (TPSA) is 63.8 Å². The molecule has 0 radical (unpaired) electrons. The summed E-state index contributed by atoms with van der Waals surface area (Å²) in [6.07, 6.45) is 0. The molecule has 0 fully saturated rings. The van der Waals surface area contributed by atoms with Gasteiger partial charge in [-0.1, -0.05) is 0 Å². The highest BCUT2D eigenvalue weighted by Crippen LogP contribution is 2.28. The second-order valence-electron chi connectivity index (χ2n) is 4.14. The summed E-state index contributed by atoms with van der Waals surface area (Å²) in [5, 5.41) is 6.62.